The van der Waals surface area contributed by atoms with Crippen LogP contribution in [0.2, 0.25) is 0 Å². The molecule has 0 spiro atoms. The van der Waals surface area contributed by atoms with E-state index in [1.165, 1.54) is 0 Å². The van der Waals surface area contributed by atoms with Crippen LogP contribution in [-0.4, -0.2) is 5.17 Å². The standard InChI is InChI=1S/C6H6Cl2N2/c1-2-6-9-4(7)3-5(8)10-6/h2-3,9H,1H3. The summed E-state index contributed by atoms with van der Waals surface area (Å²) in [6, 6.07) is 0. The molecule has 10 heavy (non-hydrogen) atoms. The van der Waals surface area contributed by atoms with E-state index < -0.39 is 0 Å². The van der Waals surface area contributed by atoms with Gasteiger partial charge in [-0.2, -0.15) is 0 Å². The maximum Gasteiger partial charge on any atom is 0.134 e. The SMILES string of the molecule is CC=C1N=C(Cl)C=C(Cl)N1. The third-order valence-corrected chi connectivity index (χ3v) is 1.39. The minimum Gasteiger partial charge on any atom is -0.331 e. The first-order chi connectivity index (χ1) is 4.72. The minimum absolute atomic E-state index is 0.400. The van der Waals surface area contributed by atoms with Gasteiger partial charge in [0.15, 0.2) is 0 Å². The number of hydrogen-bond acceptors (Lipinski definition) is 2. The van der Waals surface area contributed by atoms with Crippen molar-refractivity contribution in [3.8, 4) is 0 Å². The van der Waals surface area contributed by atoms with Crippen LogP contribution in [0.15, 0.2) is 28.1 Å². The Balaban J connectivity index is 2.87. The number of rotatable bonds is 0. The van der Waals surface area contributed by atoms with Gasteiger partial charge in [0, 0.05) is 6.08 Å². The fourth-order valence-electron chi connectivity index (χ4n) is 0.575. The van der Waals surface area contributed by atoms with E-state index in [0.717, 1.165) is 0 Å². The lowest BCUT2D eigenvalue weighted by Gasteiger charge is -2.08. The van der Waals surface area contributed by atoms with Crippen LogP contribution in [0, 0.1) is 0 Å². The Hall–Kier alpha value is -0.470. The van der Waals surface area contributed by atoms with Crippen LogP contribution in [0.5, 0.6) is 0 Å². The summed E-state index contributed by atoms with van der Waals surface area (Å²) in [5, 5.41) is 3.71. The smallest absolute Gasteiger partial charge is 0.134 e. The van der Waals surface area contributed by atoms with E-state index in [1.807, 2.05) is 6.92 Å². The molecule has 0 aromatic heterocycles. The molecule has 1 aliphatic heterocycles. The first-order valence-electron chi connectivity index (χ1n) is 2.77. The predicted octanol–water partition coefficient (Wildman–Crippen LogP) is 2.17. The summed E-state index contributed by atoms with van der Waals surface area (Å²) < 4.78 is 0. The van der Waals surface area contributed by atoms with E-state index in [1.54, 1.807) is 12.2 Å². The average Bonchev–Trinajstić information content (AvgIpc) is 1.85. The van der Waals surface area contributed by atoms with E-state index in [4.69, 9.17) is 23.2 Å². The van der Waals surface area contributed by atoms with Crippen molar-refractivity contribution in [1.82, 2.24) is 5.32 Å². The molecule has 0 bridgehead atoms. The summed E-state index contributed by atoms with van der Waals surface area (Å²) >= 11 is 11.2. The quantitative estimate of drug-likeness (QED) is 0.563. The largest absolute Gasteiger partial charge is 0.331 e. The third kappa shape index (κ3) is 1.75. The summed E-state index contributed by atoms with van der Waals surface area (Å²) in [5.41, 5.74) is 0. The number of halogens is 2. The summed E-state index contributed by atoms with van der Waals surface area (Å²) in [6.07, 6.45) is 3.34. The van der Waals surface area contributed by atoms with Gasteiger partial charge in [-0.1, -0.05) is 23.2 Å². The Labute approximate surface area is 69.2 Å². The highest BCUT2D eigenvalue weighted by Crippen LogP contribution is 2.10. The van der Waals surface area contributed by atoms with Gasteiger partial charge < -0.3 is 5.32 Å². The van der Waals surface area contributed by atoms with Crippen LogP contribution in [0.25, 0.3) is 0 Å². The molecule has 0 saturated heterocycles. The molecule has 1 rings (SSSR count). The molecule has 0 atom stereocenters. The molecule has 0 aromatic rings. The van der Waals surface area contributed by atoms with Gasteiger partial charge in [0.2, 0.25) is 0 Å². The van der Waals surface area contributed by atoms with Crippen molar-refractivity contribution in [1.29, 1.82) is 0 Å². The molecule has 4 heteroatoms. The maximum absolute atomic E-state index is 5.63. The zero-order chi connectivity index (χ0) is 7.56. The second-order valence-corrected chi connectivity index (χ2v) is 2.52. The van der Waals surface area contributed by atoms with E-state index in [0.29, 0.717) is 16.1 Å². The molecule has 0 amide bonds. The van der Waals surface area contributed by atoms with Crippen LogP contribution < -0.4 is 5.32 Å². The van der Waals surface area contributed by atoms with Gasteiger partial charge in [0.25, 0.3) is 0 Å². The number of nitrogens with one attached hydrogen (secondary N) is 1. The fraction of sp³-hybridized carbons (Fsp3) is 0.167. The molecule has 2 nitrogen and oxygen atoms in total. The number of allylic oxidation sites excluding steroid dienone is 2. The van der Waals surface area contributed by atoms with Crippen LogP contribution in [-0.2, 0) is 0 Å². The van der Waals surface area contributed by atoms with Crippen molar-refractivity contribution in [2.24, 2.45) is 4.99 Å². The highest BCUT2D eigenvalue weighted by atomic mass is 35.5. The summed E-state index contributed by atoms with van der Waals surface area (Å²) in [6.45, 7) is 1.85. The van der Waals surface area contributed by atoms with E-state index in [2.05, 4.69) is 10.3 Å². The second kappa shape index (κ2) is 3.08. The number of nitrogens with zero attached hydrogens (tertiary/aromatic N) is 1. The van der Waals surface area contributed by atoms with Crippen molar-refractivity contribution in [2.45, 2.75) is 6.92 Å². The van der Waals surface area contributed by atoms with E-state index in [-0.39, 0.29) is 0 Å². The van der Waals surface area contributed by atoms with Gasteiger partial charge in [-0.05, 0) is 13.0 Å². The minimum atomic E-state index is 0.400. The predicted molar refractivity (Wildman–Crippen MR) is 44.1 cm³/mol. The molecule has 0 unspecified atom stereocenters. The monoisotopic (exact) mass is 176 g/mol. The lowest BCUT2D eigenvalue weighted by Crippen LogP contribution is -2.12. The highest BCUT2D eigenvalue weighted by Gasteiger charge is 2.03. The topological polar surface area (TPSA) is 24.4 Å². The molecule has 1 N–H and O–H groups in total. The Morgan fingerprint density at radius 1 is 1.60 bits per heavy atom. The molecule has 1 heterocycles. The van der Waals surface area contributed by atoms with Gasteiger partial charge in [0.1, 0.15) is 16.1 Å². The van der Waals surface area contributed by atoms with Crippen molar-refractivity contribution in [3.05, 3.63) is 23.1 Å². The van der Waals surface area contributed by atoms with Crippen molar-refractivity contribution >= 4 is 28.4 Å². The molecule has 0 saturated carbocycles. The molecule has 54 valence electrons. The highest BCUT2D eigenvalue weighted by molar-refractivity contribution is 6.69. The zero-order valence-electron chi connectivity index (χ0n) is 5.36. The number of hydrogen-bond donors (Lipinski definition) is 1. The summed E-state index contributed by atoms with van der Waals surface area (Å²) in [5.74, 6) is 0.678. The molecule has 0 aliphatic carbocycles. The third-order valence-electron chi connectivity index (χ3n) is 0.994. The van der Waals surface area contributed by atoms with Crippen molar-refractivity contribution in [2.75, 3.05) is 0 Å². The van der Waals surface area contributed by atoms with Crippen molar-refractivity contribution in [3.63, 3.8) is 0 Å². The average molecular weight is 177 g/mol. The van der Waals surface area contributed by atoms with E-state index >= 15 is 0 Å². The van der Waals surface area contributed by atoms with Crippen LogP contribution >= 0.6 is 23.2 Å². The summed E-state index contributed by atoms with van der Waals surface area (Å²) in [4.78, 5) is 3.92. The molecule has 0 radical (unpaired) electrons. The van der Waals surface area contributed by atoms with Gasteiger partial charge in [-0.25, -0.2) is 4.99 Å². The van der Waals surface area contributed by atoms with Gasteiger partial charge in [0.05, 0.1) is 0 Å². The van der Waals surface area contributed by atoms with Crippen LogP contribution in [0.4, 0.5) is 0 Å². The Bertz CT molecular complexity index is 228. The first kappa shape index (κ1) is 7.63. The molecular weight excluding hydrogens is 171 g/mol. The first-order valence-corrected chi connectivity index (χ1v) is 3.52. The maximum atomic E-state index is 5.63. The van der Waals surface area contributed by atoms with Gasteiger partial charge >= 0.3 is 0 Å². The second-order valence-electron chi connectivity index (χ2n) is 1.73. The summed E-state index contributed by atoms with van der Waals surface area (Å²) in [7, 11) is 0. The Kier molecular flexibility index (Phi) is 2.35. The Morgan fingerprint density at radius 2 is 2.30 bits per heavy atom. The molecular formula is C6H6Cl2N2. The molecule has 0 fully saturated rings. The van der Waals surface area contributed by atoms with Gasteiger partial charge in [-0.3, -0.25) is 0 Å². The van der Waals surface area contributed by atoms with Crippen LogP contribution in [0.3, 0.4) is 0 Å². The molecule has 1 aliphatic rings. The lowest BCUT2D eigenvalue weighted by atomic mass is 10.5. The van der Waals surface area contributed by atoms with E-state index in [9.17, 15) is 0 Å². The lowest BCUT2D eigenvalue weighted by molar-refractivity contribution is 0.991. The zero-order valence-corrected chi connectivity index (χ0v) is 6.87. The molecule has 0 aromatic carbocycles. The fourth-order valence-corrected chi connectivity index (χ4v) is 1.03. The Morgan fingerprint density at radius 3 is 2.80 bits per heavy atom. The normalized spacial score (nSPS) is 21.7. The number of aliphatic imine (C=N–C) groups is 1. The van der Waals surface area contributed by atoms with Gasteiger partial charge in [-0.15, -0.1) is 0 Å². The van der Waals surface area contributed by atoms with Crippen molar-refractivity contribution < 1.29 is 0 Å². The van der Waals surface area contributed by atoms with Crippen LogP contribution in [0.1, 0.15) is 6.92 Å².